The number of hydrogen-bond acceptors (Lipinski definition) is 7. The van der Waals surface area contributed by atoms with Crippen LogP contribution in [0.5, 0.6) is 0 Å². The zero-order valence-electron chi connectivity index (χ0n) is 20.3. The van der Waals surface area contributed by atoms with Crippen molar-refractivity contribution in [3.8, 4) is 0 Å². The topological polar surface area (TPSA) is 129 Å². The highest BCUT2D eigenvalue weighted by Gasteiger charge is 2.60. The lowest BCUT2D eigenvalue weighted by molar-refractivity contribution is -0.138. The smallest absolute Gasteiger partial charge is 0.293 e. The molecule has 0 spiro atoms. The third kappa shape index (κ3) is 3.94. The van der Waals surface area contributed by atoms with Crippen LogP contribution in [0.25, 0.3) is 0 Å². The third-order valence-corrected chi connectivity index (χ3v) is 7.72. The third-order valence-electron chi connectivity index (χ3n) is 7.72. The van der Waals surface area contributed by atoms with E-state index in [2.05, 4.69) is 32.0 Å². The molecule has 0 bridgehead atoms. The molecule has 2 aromatic rings. The highest BCUT2D eigenvalue weighted by atomic mass is 19.3. The summed E-state index contributed by atoms with van der Waals surface area (Å²) in [4.78, 5) is 43.2. The number of ketones is 1. The predicted molar refractivity (Wildman–Crippen MR) is 124 cm³/mol. The van der Waals surface area contributed by atoms with E-state index in [0.717, 1.165) is 18.7 Å². The largest absolute Gasteiger partial charge is 0.338 e. The van der Waals surface area contributed by atoms with Crippen LogP contribution in [0.3, 0.4) is 0 Å². The van der Waals surface area contributed by atoms with Gasteiger partial charge in [0.2, 0.25) is 0 Å². The van der Waals surface area contributed by atoms with Crippen LogP contribution in [-0.4, -0.2) is 38.6 Å². The highest BCUT2D eigenvalue weighted by molar-refractivity contribution is 6.44. The molecule has 2 atom stereocenters. The van der Waals surface area contributed by atoms with Crippen LogP contribution in [-0.2, 0) is 11.2 Å². The second-order valence-corrected chi connectivity index (χ2v) is 10.3. The van der Waals surface area contributed by atoms with Gasteiger partial charge in [0, 0.05) is 37.0 Å². The first-order valence-electron chi connectivity index (χ1n) is 12.1. The summed E-state index contributed by atoms with van der Waals surface area (Å²) >= 11 is 0. The minimum atomic E-state index is -3.20. The van der Waals surface area contributed by atoms with Crippen molar-refractivity contribution in [1.29, 1.82) is 0 Å². The average molecular weight is 551 g/mol. The number of alkyl halides is 4. The Labute approximate surface area is 217 Å². The zero-order valence-corrected chi connectivity index (χ0v) is 20.3. The Morgan fingerprint density at radius 1 is 1.23 bits per heavy atom. The van der Waals surface area contributed by atoms with Crippen LogP contribution in [0.2, 0.25) is 0 Å². The SMILES string of the molecule is Cc1c(C(=O)C(=O)NC2(C3=CNNN3)CC(F)(F)C2)c2n(c1C(=O)Nc1ccnc(C(F)F)c1F)[C@@H]1C[C@@H]1C2. The summed E-state index contributed by atoms with van der Waals surface area (Å²) in [5, 5.41) is 4.74. The molecular weight excluding hydrogens is 529 g/mol. The van der Waals surface area contributed by atoms with Gasteiger partial charge in [-0.25, -0.2) is 22.0 Å². The van der Waals surface area contributed by atoms with E-state index in [1.807, 2.05) is 0 Å². The number of rotatable bonds is 7. The molecule has 39 heavy (non-hydrogen) atoms. The molecule has 4 aliphatic rings. The van der Waals surface area contributed by atoms with Gasteiger partial charge in [-0.15, -0.1) is 0 Å². The number of hydrogen-bond donors (Lipinski definition) is 5. The van der Waals surface area contributed by atoms with E-state index in [-0.39, 0.29) is 34.5 Å². The fourth-order valence-corrected chi connectivity index (χ4v) is 5.89. The molecule has 0 unspecified atom stereocenters. The Bertz CT molecular complexity index is 1460. The summed E-state index contributed by atoms with van der Waals surface area (Å²) in [6.45, 7) is 1.45. The summed E-state index contributed by atoms with van der Waals surface area (Å²) in [5.41, 5.74) is 5.40. The van der Waals surface area contributed by atoms with E-state index in [9.17, 15) is 36.3 Å². The van der Waals surface area contributed by atoms with E-state index in [1.54, 1.807) is 4.57 Å². The Morgan fingerprint density at radius 2 is 1.97 bits per heavy atom. The van der Waals surface area contributed by atoms with Gasteiger partial charge in [0.15, 0.2) is 5.82 Å². The van der Waals surface area contributed by atoms with Crippen molar-refractivity contribution in [2.24, 2.45) is 5.92 Å². The van der Waals surface area contributed by atoms with Crippen LogP contribution in [0.15, 0.2) is 24.2 Å². The fraction of sp³-hybridized carbons (Fsp3) is 0.417. The average Bonchev–Trinajstić information content (AvgIpc) is 3.18. The van der Waals surface area contributed by atoms with Gasteiger partial charge in [0.05, 0.1) is 22.5 Å². The Morgan fingerprint density at radius 3 is 2.62 bits per heavy atom. The standard InChI is InChI=1S/C24H22F5N7O3/c1-9-15(19(37)22(39)33-23(7-24(28,29)8-23)14-6-31-35-34-14)13-5-10-4-12(10)36(13)18(9)21(38)32-11-2-3-30-17(16(11)25)20(26)27/h2-3,6,10,12,20,31,34-35H,4-5,7-8H2,1H3,(H,33,39)(H,30,32,38)/t10-,12-/m1/s1. The van der Waals surface area contributed by atoms with Crippen LogP contribution in [0, 0.1) is 18.7 Å². The molecule has 2 aromatic heterocycles. The van der Waals surface area contributed by atoms with Gasteiger partial charge in [0.1, 0.15) is 11.4 Å². The number of nitrogens with zero attached hydrogens (tertiary/aromatic N) is 2. The van der Waals surface area contributed by atoms with Crippen molar-refractivity contribution in [3.63, 3.8) is 0 Å². The summed E-state index contributed by atoms with van der Waals surface area (Å²) in [5.74, 6) is -7.24. The molecule has 2 aliphatic heterocycles. The van der Waals surface area contributed by atoms with Crippen molar-refractivity contribution in [1.82, 2.24) is 31.3 Å². The maximum atomic E-state index is 14.5. The van der Waals surface area contributed by atoms with Crippen molar-refractivity contribution in [2.75, 3.05) is 5.32 Å². The second kappa shape index (κ2) is 8.49. The minimum Gasteiger partial charge on any atom is -0.338 e. The van der Waals surface area contributed by atoms with Gasteiger partial charge in [0.25, 0.3) is 29.9 Å². The molecule has 2 amide bonds. The molecule has 10 nitrogen and oxygen atoms in total. The summed E-state index contributed by atoms with van der Waals surface area (Å²) in [6.07, 6.45) is -1.18. The van der Waals surface area contributed by atoms with Gasteiger partial charge in [-0.05, 0) is 37.3 Å². The normalized spacial score (nSPS) is 23.1. The number of amides is 2. The number of carbonyl (C=O) groups excluding carboxylic acids is 3. The summed E-state index contributed by atoms with van der Waals surface area (Å²) in [7, 11) is 0. The molecule has 0 saturated heterocycles. The Balaban J connectivity index is 1.31. The summed E-state index contributed by atoms with van der Waals surface area (Å²) in [6, 6.07) is 0.926. The number of Topliss-reactive ketones (excluding diaryl/α,β-unsaturated/α-hetero) is 1. The van der Waals surface area contributed by atoms with Gasteiger partial charge >= 0.3 is 0 Å². The lowest BCUT2D eigenvalue weighted by atomic mass is 9.71. The van der Waals surface area contributed by atoms with E-state index >= 15 is 0 Å². The van der Waals surface area contributed by atoms with Crippen molar-refractivity contribution in [3.05, 3.63) is 58.2 Å². The van der Waals surface area contributed by atoms with Crippen molar-refractivity contribution in [2.45, 2.75) is 56.5 Å². The maximum Gasteiger partial charge on any atom is 0.293 e. The molecule has 2 fully saturated rings. The Hall–Kier alpha value is -4.01. The molecule has 4 heterocycles. The molecule has 6 rings (SSSR count). The number of aromatic nitrogens is 2. The number of fused-ring (bicyclic) bond motifs is 3. The molecule has 0 aromatic carbocycles. The van der Waals surface area contributed by atoms with E-state index in [0.29, 0.717) is 12.1 Å². The van der Waals surface area contributed by atoms with Gasteiger partial charge in [-0.2, -0.15) is 5.53 Å². The molecule has 5 N–H and O–H groups in total. The van der Waals surface area contributed by atoms with Crippen molar-refractivity contribution < 1.29 is 36.3 Å². The van der Waals surface area contributed by atoms with Crippen LogP contribution in [0.1, 0.15) is 69.5 Å². The lowest BCUT2D eigenvalue weighted by Gasteiger charge is -2.47. The lowest BCUT2D eigenvalue weighted by Crippen LogP contribution is -2.66. The predicted octanol–water partition coefficient (Wildman–Crippen LogP) is 2.56. The van der Waals surface area contributed by atoms with Crippen LogP contribution in [0.4, 0.5) is 27.6 Å². The maximum absolute atomic E-state index is 14.5. The summed E-state index contributed by atoms with van der Waals surface area (Å²) < 4.78 is 70.1. The quantitative estimate of drug-likeness (QED) is 0.203. The molecular formula is C24H22F5N7O3. The number of pyridine rings is 1. The number of halogens is 5. The number of nitrogens with one attached hydrogen (secondary N) is 5. The molecule has 2 saturated carbocycles. The Kier molecular flexibility index (Phi) is 5.51. The fourth-order valence-electron chi connectivity index (χ4n) is 5.89. The van der Waals surface area contributed by atoms with Gasteiger partial charge in [-0.1, -0.05) is 0 Å². The van der Waals surface area contributed by atoms with E-state index < -0.39 is 65.5 Å². The first-order valence-corrected chi connectivity index (χ1v) is 12.1. The zero-order chi connectivity index (χ0) is 27.9. The molecule has 15 heteroatoms. The first-order chi connectivity index (χ1) is 18.4. The van der Waals surface area contributed by atoms with Crippen LogP contribution >= 0.6 is 0 Å². The number of anilines is 1. The minimum absolute atomic E-state index is 0.000539. The number of carbonyl (C=O) groups is 3. The van der Waals surface area contributed by atoms with Crippen molar-refractivity contribution >= 4 is 23.3 Å². The highest BCUT2D eigenvalue weighted by Crippen LogP contribution is 2.54. The monoisotopic (exact) mass is 551 g/mol. The molecule has 206 valence electrons. The second-order valence-electron chi connectivity index (χ2n) is 10.3. The van der Waals surface area contributed by atoms with Gasteiger partial charge in [-0.3, -0.25) is 19.4 Å². The molecule has 0 radical (unpaired) electrons. The number of hydrazine groups is 2. The van der Waals surface area contributed by atoms with Crippen LogP contribution < -0.4 is 27.0 Å². The van der Waals surface area contributed by atoms with Gasteiger partial charge < -0.3 is 26.1 Å². The van der Waals surface area contributed by atoms with E-state index in [1.165, 1.54) is 13.1 Å². The first kappa shape index (κ1) is 25.3. The van der Waals surface area contributed by atoms with E-state index in [4.69, 9.17) is 0 Å². The molecule has 2 aliphatic carbocycles.